The molecule has 1 unspecified atom stereocenters. The number of allylic oxidation sites excluding steroid dienone is 2. The lowest BCUT2D eigenvalue weighted by Gasteiger charge is -2.61. The Morgan fingerprint density at radius 3 is 2.35 bits per heavy atom. The zero-order chi connectivity index (χ0) is 22.8. The minimum absolute atomic E-state index is 0.193. The van der Waals surface area contributed by atoms with Crippen molar-refractivity contribution in [1.29, 1.82) is 0 Å². The normalized spacial score (nSPS) is 48.1. The molecule has 0 N–H and O–H groups in total. The van der Waals surface area contributed by atoms with E-state index in [0.29, 0.717) is 23.0 Å². The SMILES string of the molecule is CC(C)CCC[C@@H](C)[C@H]1CC[C@@]2(C)C3=CC(=O)[C@@H]4C[C@@H](C)[C@@H](C)C[C@]4(C)C3CC[C@]12C. The first-order valence-corrected chi connectivity index (χ1v) is 13.7. The van der Waals surface area contributed by atoms with Crippen LogP contribution < -0.4 is 0 Å². The number of hydrogen-bond acceptors (Lipinski definition) is 1. The Morgan fingerprint density at radius 2 is 1.68 bits per heavy atom. The maximum atomic E-state index is 13.5. The van der Waals surface area contributed by atoms with E-state index in [2.05, 4.69) is 61.5 Å². The highest BCUT2D eigenvalue weighted by molar-refractivity contribution is 5.94. The molecule has 4 aliphatic rings. The van der Waals surface area contributed by atoms with E-state index >= 15 is 0 Å². The molecule has 1 nitrogen and oxygen atoms in total. The molecule has 0 aromatic rings. The van der Waals surface area contributed by atoms with Crippen molar-refractivity contribution in [1.82, 2.24) is 0 Å². The smallest absolute Gasteiger partial charge is 0.159 e. The maximum absolute atomic E-state index is 13.5. The quantitative estimate of drug-likeness (QED) is 0.431. The van der Waals surface area contributed by atoms with Crippen molar-refractivity contribution in [2.24, 2.45) is 57.7 Å². The Labute approximate surface area is 193 Å². The Morgan fingerprint density at radius 1 is 0.968 bits per heavy atom. The van der Waals surface area contributed by atoms with Crippen LogP contribution in [0.25, 0.3) is 0 Å². The molecule has 4 rings (SSSR count). The summed E-state index contributed by atoms with van der Waals surface area (Å²) in [5, 5.41) is 0. The summed E-state index contributed by atoms with van der Waals surface area (Å²) in [6, 6.07) is 0. The summed E-state index contributed by atoms with van der Waals surface area (Å²) in [5.41, 5.74) is 2.37. The predicted molar refractivity (Wildman–Crippen MR) is 132 cm³/mol. The summed E-state index contributed by atoms with van der Waals surface area (Å²) >= 11 is 0. The molecule has 1 heteroatoms. The van der Waals surface area contributed by atoms with Crippen LogP contribution in [-0.4, -0.2) is 5.78 Å². The second-order valence-corrected chi connectivity index (χ2v) is 13.7. The minimum atomic E-state index is 0.193. The summed E-state index contributed by atoms with van der Waals surface area (Å²) in [7, 11) is 0. The van der Waals surface area contributed by atoms with Crippen LogP contribution in [-0.2, 0) is 4.79 Å². The van der Waals surface area contributed by atoms with Gasteiger partial charge in [0.1, 0.15) is 0 Å². The topological polar surface area (TPSA) is 17.1 Å². The average Bonchev–Trinajstić information content (AvgIpc) is 2.96. The molecule has 176 valence electrons. The zero-order valence-corrected chi connectivity index (χ0v) is 21.9. The Balaban J connectivity index is 1.62. The van der Waals surface area contributed by atoms with Crippen molar-refractivity contribution in [3.05, 3.63) is 11.6 Å². The van der Waals surface area contributed by atoms with Crippen LogP contribution in [0.2, 0.25) is 0 Å². The van der Waals surface area contributed by atoms with Crippen LogP contribution in [0.4, 0.5) is 0 Å². The van der Waals surface area contributed by atoms with Crippen molar-refractivity contribution >= 4 is 5.78 Å². The third kappa shape index (κ3) is 3.50. The van der Waals surface area contributed by atoms with Crippen LogP contribution in [0.5, 0.6) is 0 Å². The molecular weight excluding hydrogens is 376 g/mol. The van der Waals surface area contributed by atoms with Gasteiger partial charge < -0.3 is 0 Å². The monoisotopic (exact) mass is 426 g/mol. The molecule has 0 radical (unpaired) electrons. The molecule has 3 saturated carbocycles. The molecule has 0 aromatic heterocycles. The molecule has 9 atom stereocenters. The van der Waals surface area contributed by atoms with Crippen LogP contribution in [0, 0.1) is 57.7 Å². The van der Waals surface area contributed by atoms with Gasteiger partial charge in [0, 0.05) is 5.92 Å². The molecule has 31 heavy (non-hydrogen) atoms. The van der Waals surface area contributed by atoms with Crippen LogP contribution >= 0.6 is 0 Å². The van der Waals surface area contributed by atoms with Gasteiger partial charge in [-0.3, -0.25) is 4.79 Å². The van der Waals surface area contributed by atoms with Gasteiger partial charge in [0.15, 0.2) is 5.78 Å². The van der Waals surface area contributed by atoms with Gasteiger partial charge in [-0.25, -0.2) is 0 Å². The van der Waals surface area contributed by atoms with Gasteiger partial charge in [-0.05, 0) is 96.4 Å². The number of ketones is 1. The number of carbonyl (C=O) groups excluding carboxylic acids is 1. The molecule has 3 fully saturated rings. The molecule has 0 saturated heterocycles. The first-order chi connectivity index (χ1) is 14.4. The van der Waals surface area contributed by atoms with Crippen molar-refractivity contribution in [3.8, 4) is 0 Å². The first-order valence-electron chi connectivity index (χ1n) is 13.7. The highest BCUT2D eigenvalue weighted by Gasteiger charge is 2.64. The molecular formula is C30H50O. The first kappa shape index (κ1) is 23.6. The maximum Gasteiger partial charge on any atom is 0.159 e. The average molecular weight is 427 g/mol. The lowest BCUT2D eigenvalue weighted by Crippen LogP contribution is -2.56. The number of fused-ring (bicyclic) bond motifs is 5. The van der Waals surface area contributed by atoms with E-state index in [-0.39, 0.29) is 16.7 Å². The fourth-order valence-electron chi connectivity index (χ4n) is 9.27. The predicted octanol–water partition coefficient (Wildman–Crippen LogP) is 8.48. The summed E-state index contributed by atoms with van der Waals surface area (Å²) in [4.78, 5) is 13.5. The van der Waals surface area contributed by atoms with E-state index in [1.807, 2.05) is 0 Å². The van der Waals surface area contributed by atoms with Gasteiger partial charge in [0.05, 0.1) is 0 Å². The van der Waals surface area contributed by atoms with Crippen molar-refractivity contribution in [2.75, 3.05) is 0 Å². The fourth-order valence-corrected chi connectivity index (χ4v) is 9.27. The fraction of sp³-hybridized carbons (Fsp3) is 0.900. The van der Waals surface area contributed by atoms with E-state index < -0.39 is 0 Å². The summed E-state index contributed by atoms with van der Waals surface area (Å²) in [6.45, 7) is 19.7. The number of rotatable bonds is 5. The third-order valence-electron chi connectivity index (χ3n) is 11.7. The van der Waals surface area contributed by atoms with Gasteiger partial charge in [0.2, 0.25) is 0 Å². The number of hydrogen-bond donors (Lipinski definition) is 0. The standard InChI is InChI=1S/C30H50O/c1-19(2)10-9-11-20(3)23-12-14-30(8)25-17-27(31)26-16-21(4)22(5)18-28(26,6)24(25)13-15-29(23,30)7/h17,19-24,26H,9-16,18H2,1-8H3/t20-,21-,22+,23-,24?,26+,28-,29-,30+/m1/s1. The van der Waals surface area contributed by atoms with E-state index in [1.54, 1.807) is 5.57 Å². The van der Waals surface area contributed by atoms with Crippen molar-refractivity contribution in [3.63, 3.8) is 0 Å². The van der Waals surface area contributed by atoms with Crippen LogP contribution in [0.15, 0.2) is 11.6 Å². The Kier molecular flexibility index (Phi) is 6.09. The summed E-state index contributed by atoms with van der Waals surface area (Å²) in [5.74, 6) is 5.26. The van der Waals surface area contributed by atoms with Crippen molar-refractivity contribution in [2.45, 2.75) is 113 Å². The highest BCUT2D eigenvalue weighted by atomic mass is 16.1. The van der Waals surface area contributed by atoms with E-state index in [9.17, 15) is 4.79 Å². The molecule has 0 spiro atoms. The van der Waals surface area contributed by atoms with Gasteiger partial charge in [-0.15, -0.1) is 0 Å². The van der Waals surface area contributed by atoms with Gasteiger partial charge in [0.25, 0.3) is 0 Å². The molecule has 0 aromatic carbocycles. The number of carbonyl (C=O) groups is 1. The van der Waals surface area contributed by atoms with Crippen LogP contribution in [0.3, 0.4) is 0 Å². The molecule has 0 aliphatic heterocycles. The second-order valence-electron chi connectivity index (χ2n) is 13.7. The lowest BCUT2D eigenvalue weighted by atomic mass is 9.42. The lowest BCUT2D eigenvalue weighted by molar-refractivity contribution is -0.133. The van der Waals surface area contributed by atoms with Gasteiger partial charge >= 0.3 is 0 Å². The molecule has 0 heterocycles. The van der Waals surface area contributed by atoms with E-state index in [4.69, 9.17) is 0 Å². The van der Waals surface area contributed by atoms with Crippen molar-refractivity contribution < 1.29 is 4.79 Å². The molecule has 0 amide bonds. The van der Waals surface area contributed by atoms with Gasteiger partial charge in [-0.2, -0.15) is 0 Å². The van der Waals surface area contributed by atoms with E-state index in [1.165, 1.54) is 51.4 Å². The summed E-state index contributed by atoms with van der Waals surface area (Å²) in [6.07, 6.45) is 14.0. The van der Waals surface area contributed by atoms with Crippen LogP contribution in [0.1, 0.15) is 113 Å². The zero-order valence-electron chi connectivity index (χ0n) is 21.9. The Bertz CT molecular complexity index is 733. The minimum Gasteiger partial charge on any atom is -0.295 e. The highest BCUT2D eigenvalue weighted by Crippen LogP contribution is 2.72. The molecule has 0 bridgehead atoms. The largest absolute Gasteiger partial charge is 0.295 e. The van der Waals surface area contributed by atoms with E-state index in [0.717, 1.165) is 30.1 Å². The Hall–Kier alpha value is -0.590. The third-order valence-corrected chi connectivity index (χ3v) is 11.7. The summed E-state index contributed by atoms with van der Waals surface area (Å²) < 4.78 is 0. The van der Waals surface area contributed by atoms with Gasteiger partial charge in [-0.1, -0.05) is 80.2 Å². The second kappa shape index (κ2) is 8.02. The molecule has 4 aliphatic carbocycles.